The molecular formula is C17H24O3. The SMILES string of the molecule is CCOC1CC(CC(=O)c2ccccc2OC(C)C)C1. The van der Waals surface area contributed by atoms with Crippen LogP contribution in [0.2, 0.25) is 0 Å². The highest BCUT2D eigenvalue weighted by Crippen LogP contribution is 2.34. The molecule has 3 nitrogen and oxygen atoms in total. The Morgan fingerprint density at radius 1 is 1.30 bits per heavy atom. The van der Waals surface area contributed by atoms with E-state index in [0.29, 0.717) is 29.8 Å². The van der Waals surface area contributed by atoms with Crippen LogP contribution in [0, 0.1) is 5.92 Å². The topological polar surface area (TPSA) is 35.5 Å². The molecule has 0 atom stereocenters. The lowest BCUT2D eigenvalue weighted by molar-refractivity contribution is -0.0246. The van der Waals surface area contributed by atoms with Gasteiger partial charge >= 0.3 is 0 Å². The predicted molar refractivity (Wildman–Crippen MR) is 79.3 cm³/mol. The maximum atomic E-state index is 12.4. The molecule has 0 aliphatic heterocycles. The van der Waals surface area contributed by atoms with Gasteiger partial charge in [-0.1, -0.05) is 12.1 Å². The van der Waals surface area contributed by atoms with Crippen LogP contribution in [-0.2, 0) is 4.74 Å². The third kappa shape index (κ3) is 3.83. The lowest BCUT2D eigenvalue weighted by Crippen LogP contribution is -2.32. The number of benzene rings is 1. The molecule has 1 aliphatic carbocycles. The van der Waals surface area contributed by atoms with E-state index >= 15 is 0 Å². The van der Waals surface area contributed by atoms with Crippen molar-refractivity contribution < 1.29 is 14.3 Å². The van der Waals surface area contributed by atoms with E-state index in [4.69, 9.17) is 9.47 Å². The lowest BCUT2D eigenvalue weighted by Gasteiger charge is -2.34. The van der Waals surface area contributed by atoms with Gasteiger partial charge in [0, 0.05) is 13.0 Å². The minimum atomic E-state index is 0.0787. The summed E-state index contributed by atoms with van der Waals surface area (Å²) in [4.78, 5) is 12.4. The van der Waals surface area contributed by atoms with Crippen molar-refractivity contribution in [2.24, 2.45) is 5.92 Å². The van der Waals surface area contributed by atoms with Crippen LogP contribution in [0.1, 0.15) is 50.4 Å². The number of carbonyl (C=O) groups is 1. The summed E-state index contributed by atoms with van der Waals surface area (Å²) in [6.07, 6.45) is 3.05. The Kier molecular flexibility index (Phi) is 5.18. The van der Waals surface area contributed by atoms with Crippen molar-refractivity contribution in [2.45, 2.75) is 52.2 Å². The molecule has 3 heteroatoms. The van der Waals surface area contributed by atoms with Crippen molar-refractivity contribution in [2.75, 3.05) is 6.61 Å². The van der Waals surface area contributed by atoms with Crippen molar-refractivity contribution >= 4 is 5.78 Å². The van der Waals surface area contributed by atoms with Gasteiger partial charge in [0.15, 0.2) is 5.78 Å². The second kappa shape index (κ2) is 6.89. The number of para-hydroxylation sites is 1. The maximum absolute atomic E-state index is 12.4. The van der Waals surface area contributed by atoms with Gasteiger partial charge < -0.3 is 9.47 Å². The molecule has 1 saturated carbocycles. The van der Waals surface area contributed by atoms with Crippen LogP contribution in [0.25, 0.3) is 0 Å². The molecule has 1 aliphatic rings. The van der Waals surface area contributed by atoms with Gasteiger partial charge in [-0.2, -0.15) is 0 Å². The van der Waals surface area contributed by atoms with E-state index in [0.717, 1.165) is 19.4 Å². The zero-order chi connectivity index (χ0) is 14.5. The fourth-order valence-electron chi connectivity index (χ4n) is 2.64. The molecule has 0 N–H and O–H groups in total. The average Bonchev–Trinajstić information content (AvgIpc) is 2.36. The fraction of sp³-hybridized carbons (Fsp3) is 0.588. The summed E-state index contributed by atoms with van der Waals surface area (Å²) in [5.74, 6) is 1.35. The van der Waals surface area contributed by atoms with Crippen LogP contribution in [0.3, 0.4) is 0 Å². The van der Waals surface area contributed by atoms with Gasteiger partial charge in [-0.25, -0.2) is 0 Å². The Labute approximate surface area is 121 Å². The zero-order valence-electron chi connectivity index (χ0n) is 12.6. The van der Waals surface area contributed by atoms with Crippen molar-refractivity contribution in [1.82, 2.24) is 0 Å². The monoisotopic (exact) mass is 276 g/mol. The zero-order valence-corrected chi connectivity index (χ0v) is 12.6. The molecule has 2 rings (SSSR count). The first-order valence-corrected chi connectivity index (χ1v) is 7.50. The highest BCUT2D eigenvalue weighted by atomic mass is 16.5. The van der Waals surface area contributed by atoms with Gasteiger partial charge in [0.25, 0.3) is 0 Å². The summed E-state index contributed by atoms with van der Waals surface area (Å²) < 4.78 is 11.2. The van der Waals surface area contributed by atoms with E-state index < -0.39 is 0 Å². The van der Waals surface area contributed by atoms with E-state index in [1.165, 1.54) is 0 Å². The molecule has 20 heavy (non-hydrogen) atoms. The molecule has 0 saturated heterocycles. The van der Waals surface area contributed by atoms with E-state index in [9.17, 15) is 4.79 Å². The van der Waals surface area contributed by atoms with Crippen LogP contribution in [0.15, 0.2) is 24.3 Å². The lowest BCUT2D eigenvalue weighted by atomic mass is 9.78. The van der Waals surface area contributed by atoms with Crippen molar-refractivity contribution in [1.29, 1.82) is 0 Å². The molecule has 0 unspecified atom stereocenters. The second-order valence-corrected chi connectivity index (χ2v) is 5.70. The predicted octanol–water partition coefficient (Wildman–Crippen LogP) is 3.86. The van der Waals surface area contributed by atoms with Crippen LogP contribution in [-0.4, -0.2) is 24.6 Å². The summed E-state index contributed by atoms with van der Waals surface area (Å²) in [7, 11) is 0. The van der Waals surface area contributed by atoms with Crippen molar-refractivity contribution in [3.63, 3.8) is 0 Å². The number of carbonyl (C=O) groups excluding carboxylic acids is 1. The number of hydrogen-bond donors (Lipinski definition) is 0. The fourth-order valence-corrected chi connectivity index (χ4v) is 2.64. The summed E-state index contributed by atoms with van der Waals surface area (Å²) >= 11 is 0. The quantitative estimate of drug-likeness (QED) is 0.709. The molecule has 0 bridgehead atoms. The minimum Gasteiger partial charge on any atom is -0.490 e. The van der Waals surface area contributed by atoms with E-state index in [-0.39, 0.29) is 11.9 Å². The molecular weight excluding hydrogens is 252 g/mol. The normalized spacial score (nSPS) is 21.6. The van der Waals surface area contributed by atoms with Gasteiger partial charge in [0.05, 0.1) is 17.8 Å². The van der Waals surface area contributed by atoms with Crippen molar-refractivity contribution in [3.05, 3.63) is 29.8 Å². The molecule has 0 aromatic heterocycles. The molecule has 0 heterocycles. The first-order chi connectivity index (χ1) is 9.60. The Morgan fingerprint density at radius 3 is 2.65 bits per heavy atom. The van der Waals surface area contributed by atoms with Gasteiger partial charge in [0.2, 0.25) is 0 Å². The number of Topliss-reactive ketones (excluding diaryl/α,β-unsaturated/α-hetero) is 1. The number of hydrogen-bond acceptors (Lipinski definition) is 3. The van der Waals surface area contributed by atoms with E-state index in [2.05, 4.69) is 0 Å². The first-order valence-electron chi connectivity index (χ1n) is 7.50. The van der Waals surface area contributed by atoms with Gasteiger partial charge in [0.1, 0.15) is 5.75 Å². The summed E-state index contributed by atoms with van der Waals surface area (Å²) in [6, 6.07) is 7.53. The van der Waals surface area contributed by atoms with Gasteiger partial charge in [-0.05, 0) is 51.7 Å². The first kappa shape index (κ1) is 15.0. The van der Waals surface area contributed by atoms with Crippen LogP contribution in [0.5, 0.6) is 5.75 Å². The second-order valence-electron chi connectivity index (χ2n) is 5.70. The molecule has 1 aromatic carbocycles. The Balaban J connectivity index is 1.93. The highest BCUT2D eigenvalue weighted by molar-refractivity contribution is 5.98. The summed E-state index contributed by atoms with van der Waals surface area (Å²) in [6.45, 7) is 6.72. The van der Waals surface area contributed by atoms with Crippen LogP contribution in [0.4, 0.5) is 0 Å². The van der Waals surface area contributed by atoms with E-state index in [1.54, 1.807) is 0 Å². The highest BCUT2D eigenvalue weighted by Gasteiger charge is 2.31. The summed E-state index contributed by atoms with van der Waals surface area (Å²) in [5, 5.41) is 0. The standard InChI is InChI=1S/C17H24O3/c1-4-19-14-9-13(10-14)11-16(18)15-7-5-6-8-17(15)20-12(2)3/h5-8,12-14H,4,9-11H2,1-3H3. The Morgan fingerprint density at radius 2 is 2.00 bits per heavy atom. The molecule has 1 aromatic rings. The maximum Gasteiger partial charge on any atom is 0.166 e. The number of rotatable bonds is 7. The minimum absolute atomic E-state index is 0.0787. The summed E-state index contributed by atoms with van der Waals surface area (Å²) in [5.41, 5.74) is 0.709. The van der Waals surface area contributed by atoms with Crippen molar-refractivity contribution in [3.8, 4) is 5.75 Å². The largest absolute Gasteiger partial charge is 0.490 e. The average molecular weight is 276 g/mol. The smallest absolute Gasteiger partial charge is 0.166 e. The third-order valence-electron chi connectivity index (χ3n) is 3.62. The molecule has 0 radical (unpaired) electrons. The Hall–Kier alpha value is -1.35. The number of ketones is 1. The van der Waals surface area contributed by atoms with Gasteiger partial charge in [-0.15, -0.1) is 0 Å². The molecule has 1 fully saturated rings. The molecule has 110 valence electrons. The number of ether oxygens (including phenoxy) is 2. The third-order valence-corrected chi connectivity index (χ3v) is 3.62. The Bertz CT molecular complexity index is 447. The van der Waals surface area contributed by atoms with Crippen LogP contribution < -0.4 is 4.74 Å². The van der Waals surface area contributed by atoms with E-state index in [1.807, 2.05) is 45.0 Å². The molecule has 0 spiro atoms. The van der Waals surface area contributed by atoms with Crippen LogP contribution >= 0.6 is 0 Å². The molecule has 0 amide bonds. The van der Waals surface area contributed by atoms with Gasteiger partial charge in [-0.3, -0.25) is 4.79 Å².